The van der Waals surface area contributed by atoms with Gasteiger partial charge in [-0.15, -0.1) is 0 Å². The van der Waals surface area contributed by atoms with Gasteiger partial charge in [0, 0.05) is 24.7 Å². The highest BCUT2D eigenvalue weighted by Gasteiger charge is 2.21. The minimum absolute atomic E-state index is 0.0817. The summed E-state index contributed by atoms with van der Waals surface area (Å²) in [7, 11) is 0. The monoisotopic (exact) mass is 292 g/mol. The van der Waals surface area contributed by atoms with Crippen LogP contribution >= 0.6 is 0 Å². The van der Waals surface area contributed by atoms with E-state index < -0.39 is 0 Å². The average molecular weight is 292 g/mol. The fraction of sp³-hybridized carbons (Fsp3) is 0.667. The molecule has 1 fully saturated rings. The molecule has 1 N–H and O–H groups in total. The average Bonchev–Trinajstić information content (AvgIpc) is 2.45. The summed E-state index contributed by atoms with van der Waals surface area (Å²) in [5, 5.41) is 14.4. The Hall–Kier alpha value is -1.69. The molecule has 0 aliphatic carbocycles. The van der Waals surface area contributed by atoms with Crippen molar-refractivity contribution in [3.05, 3.63) is 27.9 Å². The number of hydrogen-bond acceptors (Lipinski definition) is 5. The number of rotatable bonds is 5. The predicted molar refractivity (Wildman–Crippen MR) is 83.8 cm³/mol. The summed E-state index contributed by atoms with van der Waals surface area (Å²) in [5.41, 5.74) is 0.554. The summed E-state index contributed by atoms with van der Waals surface area (Å²) < 4.78 is 0. The Balaban J connectivity index is 2.17. The van der Waals surface area contributed by atoms with Crippen molar-refractivity contribution in [2.45, 2.75) is 52.1 Å². The summed E-state index contributed by atoms with van der Waals surface area (Å²) in [6, 6.07) is 4.09. The lowest BCUT2D eigenvalue weighted by Crippen LogP contribution is -2.46. The first-order valence-electron chi connectivity index (χ1n) is 7.61. The van der Waals surface area contributed by atoms with Gasteiger partial charge in [-0.2, -0.15) is 0 Å². The van der Waals surface area contributed by atoms with E-state index in [2.05, 4.69) is 29.0 Å². The number of hydrogen-bond donors (Lipinski definition) is 1. The first-order chi connectivity index (χ1) is 9.99. The topological polar surface area (TPSA) is 71.3 Å². The van der Waals surface area contributed by atoms with Crippen LogP contribution < -0.4 is 10.2 Å². The number of nitrogens with zero attached hydrogens (tertiary/aromatic N) is 3. The molecule has 0 aromatic carbocycles. The van der Waals surface area contributed by atoms with Crippen molar-refractivity contribution in [2.24, 2.45) is 0 Å². The molecule has 0 saturated carbocycles. The van der Waals surface area contributed by atoms with Crippen LogP contribution in [0.1, 0.15) is 38.8 Å². The molecular weight excluding hydrogens is 268 g/mol. The number of nitro groups is 1. The van der Waals surface area contributed by atoms with E-state index in [4.69, 9.17) is 0 Å². The minimum Gasteiger partial charge on any atom is -0.353 e. The lowest BCUT2D eigenvalue weighted by molar-refractivity contribution is -0.385. The molecule has 0 bridgehead atoms. The third-order valence-corrected chi connectivity index (χ3v) is 3.99. The molecule has 0 amide bonds. The van der Waals surface area contributed by atoms with E-state index in [9.17, 15) is 10.1 Å². The Morgan fingerprint density at radius 3 is 2.76 bits per heavy atom. The smallest absolute Gasteiger partial charge is 0.290 e. The SMILES string of the molecule is Cc1nc(N(CC2CCCCN2)C(C)C)ccc1[N+](=O)[O-]. The van der Waals surface area contributed by atoms with Gasteiger partial charge < -0.3 is 10.2 Å². The van der Waals surface area contributed by atoms with Gasteiger partial charge in [0.25, 0.3) is 5.69 Å². The van der Waals surface area contributed by atoms with Gasteiger partial charge in [0.2, 0.25) is 0 Å². The number of aromatic nitrogens is 1. The molecule has 6 nitrogen and oxygen atoms in total. The maximum Gasteiger partial charge on any atom is 0.290 e. The van der Waals surface area contributed by atoms with Gasteiger partial charge in [-0.1, -0.05) is 6.42 Å². The molecular formula is C15H24N4O2. The van der Waals surface area contributed by atoms with Gasteiger partial charge in [-0.25, -0.2) is 4.98 Å². The van der Waals surface area contributed by atoms with E-state index in [0.29, 0.717) is 17.8 Å². The Morgan fingerprint density at radius 1 is 1.48 bits per heavy atom. The standard InChI is InChI=1S/C15H24N4O2/c1-11(2)18(10-13-6-4-5-9-16-13)15-8-7-14(19(20)21)12(3)17-15/h7-8,11,13,16H,4-6,9-10H2,1-3H3. The van der Waals surface area contributed by atoms with Crippen molar-refractivity contribution in [2.75, 3.05) is 18.0 Å². The van der Waals surface area contributed by atoms with Crippen molar-refractivity contribution >= 4 is 11.5 Å². The van der Waals surface area contributed by atoms with Crippen LogP contribution in [0.15, 0.2) is 12.1 Å². The molecule has 2 rings (SSSR count). The summed E-state index contributed by atoms with van der Waals surface area (Å²) in [6.07, 6.45) is 3.68. The molecule has 1 aliphatic heterocycles. The molecule has 1 aromatic heterocycles. The molecule has 1 aliphatic rings. The normalized spacial score (nSPS) is 18.8. The first-order valence-corrected chi connectivity index (χ1v) is 7.61. The molecule has 1 atom stereocenters. The van der Waals surface area contributed by atoms with Gasteiger partial charge >= 0.3 is 0 Å². The molecule has 6 heteroatoms. The number of pyridine rings is 1. The second-order valence-electron chi connectivity index (χ2n) is 5.92. The lowest BCUT2D eigenvalue weighted by atomic mass is 10.0. The van der Waals surface area contributed by atoms with E-state index in [1.165, 1.54) is 19.3 Å². The van der Waals surface area contributed by atoms with Crippen LogP contribution in [0.3, 0.4) is 0 Å². The van der Waals surface area contributed by atoms with Crippen LogP contribution in [-0.2, 0) is 0 Å². The molecule has 2 heterocycles. The Bertz CT molecular complexity index is 498. The van der Waals surface area contributed by atoms with Crippen LogP contribution in [0.5, 0.6) is 0 Å². The van der Waals surface area contributed by atoms with Crippen molar-refractivity contribution in [3.8, 4) is 0 Å². The second-order valence-corrected chi connectivity index (χ2v) is 5.92. The Kier molecular flexibility index (Phi) is 5.12. The van der Waals surface area contributed by atoms with Crippen LogP contribution in [0, 0.1) is 17.0 Å². The van der Waals surface area contributed by atoms with Gasteiger partial charge in [0.05, 0.1) is 4.92 Å². The quantitative estimate of drug-likeness (QED) is 0.667. The van der Waals surface area contributed by atoms with E-state index in [0.717, 1.165) is 18.9 Å². The van der Waals surface area contributed by atoms with Gasteiger partial charge in [0.1, 0.15) is 11.5 Å². The summed E-state index contributed by atoms with van der Waals surface area (Å²) >= 11 is 0. The first kappa shape index (κ1) is 15.7. The zero-order chi connectivity index (χ0) is 15.4. The van der Waals surface area contributed by atoms with Crippen molar-refractivity contribution in [3.63, 3.8) is 0 Å². The molecule has 0 radical (unpaired) electrons. The van der Waals surface area contributed by atoms with E-state index in [1.54, 1.807) is 19.1 Å². The highest BCUT2D eigenvalue weighted by Crippen LogP contribution is 2.23. The number of anilines is 1. The van der Waals surface area contributed by atoms with Crippen molar-refractivity contribution < 1.29 is 4.92 Å². The number of piperidine rings is 1. The van der Waals surface area contributed by atoms with Gasteiger partial charge in [-0.3, -0.25) is 10.1 Å². The van der Waals surface area contributed by atoms with Crippen LogP contribution in [0.25, 0.3) is 0 Å². The van der Waals surface area contributed by atoms with E-state index in [-0.39, 0.29) is 10.6 Å². The summed E-state index contributed by atoms with van der Waals surface area (Å²) in [6.45, 7) is 7.91. The summed E-state index contributed by atoms with van der Waals surface area (Å²) in [5.74, 6) is 0.820. The molecule has 21 heavy (non-hydrogen) atoms. The van der Waals surface area contributed by atoms with Crippen molar-refractivity contribution in [1.29, 1.82) is 0 Å². The van der Waals surface area contributed by atoms with Gasteiger partial charge in [-0.05, 0) is 46.2 Å². The highest BCUT2D eigenvalue weighted by molar-refractivity contribution is 5.47. The van der Waals surface area contributed by atoms with Crippen molar-refractivity contribution in [1.82, 2.24) is 10.3 Å². The number of nitrogens with one attached hydrogen (secondary N) is 1. The van der Waals surface area contributed by atoms with Gasteiger partial charge in [0.15, 0.2) is 0 Å². The number of aryl methyl sites for hydroxylation is 1. The Morgan fingerprint density at radius 2 is 2.24 bits per heavy atom. The fourth-order valence-electron chi connectivity index (χ4n) is 2.78. The minimum atomic E-state index is -0.380. The summed E-state index contributed by atoms with van der Waals surface area (Å²) in [4.78, 5) is 17.2. The maximum absolute atomic E-state index is 10.9. The Labute approximate surface area is 125 Å². The molecule has 0 spiro atoms. The third kappa shape index (κ3) is 3.91. The van der Waals surface area contributed by atoms with E-state index in [1.807, 2.05) is 0 Å². The van der Waals surface area contributed by atoms with Crippen LogP contribution in [-0.4, -0.2) is 35.1 Å². The maximum atomic E-state index is 10.9. The molecule has 116 valence electrons. The molecule has 1 unspecified atom stereocenters. The zero-order valence-corrected chi connectivity index (χ0v) is 13.0. The van der Waals surface area contributed by atoms with Crippen LogP contribution in [0.4, 0.5) is 11.5 Å². The third-order valence-electron chi connectivity index (χ3n) is 3.99. The molecule has 1 aromatic rings. The predicted octanol–water partition coefficient (Wildman–Crippen LogP) is 2.66. The highest BCUT2D eigenvalue weighted by atomic mass is 16.6. The second kappa shape index (κ2) is 6.85. The van der Waals surface area contributed by atoms with E-state index >= 15 is 0 Å². The van der Waals surface area contributed by atoms with Crippen LogP contribution in [0.2, 0.25) is 0 Å². The lowest BCUT2D eigenvalue weighted by Gasteiger charge is -2.34. The largest absolute Gasteiger partial charge is 0.353 e. The zero-order valence-electron chi connectivity index (χ0n) is 13.0. The molecule has 1 saturated heterocycles. The fourth-order valence-corrected chi connectivity index (χ4v) is 2.78.